The van der Waals surface area contributed by atoms with Gasteiger partial charge in [0.15, 0.2) is 11.5 Å². The lowest BCUT2D eigenvalue weighted by molar-refractivity contribution is 0.0939. The lowest BCUT2D eigenvalue weighted by Crippen LogP contribution is -2.39. The summed E-state index contributed by atoms with van der Waals surface area (Å²) < 4.78 is 5.52. The molecule has 5 nitrogen and oxygen atoms in total. The number of carbonyl (C=O) groups is 1. The van der Waals surface area contributed by atoms with E-state index < -0.39 is 0 Å². The fourth-order valence-corrected chi connectivity index (χ4v) is 4.88. The molecule has 3 heterocycles. The van der Waals surface area contributed by atoms with Crippen LogP contribution in [-0.2, 0) is 5.75 Å². The van der Waals surface area contributed by atoms with Crippen LogP contribution in [0.2, 0.25) is 0 Å². The molecule has 1 atom stereocenters. The van der Waals surface area contributed by atoms with E-state index in [1.807, 2.05) is 18.2 Å². The Kier molecular flexibility index (Phi) is 5.31. The van der Waals surface area contributed by atoms with Gasteiger partial charge in [-0.3, -0.25) is 4.79 Å². The van der Waals surface area contributed by atoms with Crippen molar-refractivity contribution in [1.29, 1.82) is 0 Å². The predicted molar refractivity (Wildman–Crippen MR) is 103 cm³/mol. The number of piperidine rings is 1. The Morgan fingerprint density at radius 3 is 3.15 bits per heavy atom. The van der Waals surface area contributed by atoms with Crippen molar-refractivity contribution in [3.05, 3.63) is 35.5 Å². The summed E-state index contributed by atoms with van der Waals surface area (Å²) in [7, 11) is 0. The van der Waals surface area contributed by atoms with Gasteiger partial charge >= 0.3 is 0 Å². The van der Waals surface area contributed by atoms with Gasteiger partial charge in [0, 0.05) is 40.9 Å². The van der Waals surface area contributed by atoms with Crippen molar-refractivity contribution in [3.63, 3.8) is 0 Å². The van der Waals surface area contributed by atoms with Crippen LogP contribution >= 0.6 is 11.8 Å². The number of nitrogens with one attached hydrogen (secondary N) is 1. The molecule has 1 saturated heterocycles. The highest BCUT2D eigenvalue weighted by molar-refractivity contribution is 7.98. The summed E-state index contributed by atoms with van der Waals surface area (Å²) in [4.78, 5) is 16.3. The van der Waals surface area contributed by atoms with Crippen LogP contribution in [0.5, 0.6) is 0 Å². The van der Waals surface area contributed by atoms with Gasteiger partial charge in [-0.1, -0.05) is 23.7 Å². The minimum absolute atomic E-state index is 0.123. The van der Waals surface area contributed by atoms with Crippen molar-refractivity contribution >= 4 is 17.7 Å². The molecule has 0 radical (unpaired) electrons. The number of carbonyl (C=O) groups excluding carboxylic acids is 1. The zero-order valence-electron chi connectivity index (χ0n) is 15.2. The number of amides is 1. The number of likely N-dealkylation sites (tertiary alicyclic amines) is 1. The topological polar surface area (TPSA) is 58.4 Å². The van der Waals surface area contributed by atoms with Gasteiger partial charge in [-0.05, 0) is 44.9 Å². The number of benzene rings is 1. The number of hydrogen-bond donors (Lipinski definition) is 1. The quantitative estimate of drug-likeness (QED) is 0.807. The van der Waals surface area contributed by atoms with E-state index in [9.17, 15) is 4.79 Å². The first kappa shape index (κ1) is 17.6. The Morgan fingerprint density at radius 2 is 2.27 bits per heavy atom. The molecule has 2 aliphatic heterocycles. The number of rotatable bonds is 5. The van der Waals surface area contributed by atoms with E-state index in [2.05, 4.69) is 28.4 Å². The monoisotopic (exact) mass is 371 g/mol. The smallest absolute Gasteiger partial charge is 0.273 e. The molecule has 0 unspecified atom stereocenters. The van der Waals surface area contributed by atoms with Crippen LogP contribution in [0.15, 0.2) is 33.7 Å². The van der Waals surface area contributed by atoms with Gasteiger partial charge in [-0.25, -0.2) is 0 Å². The molecule has 4 rings (SSSR count). The van der Waals surface area contributed by atoms with Crippen LogP contribution in [0, 0.1) is 0 Å². The molecular weight excluding hydrogens is 346 g/mol. The third-order valence-electron chi connectivity index (χ3n) is 5.36. The first-order valence-corrected chi connectivity index (χ1v) is 10.5. The molecule has 1 N–H and O–H groups in total. The standard InChI is InChI=1S/C20H25N3O2S/c1-14-7-4-5-11-23(14)12-6-10-21-20(24)18-16-13-26-17-9-3-2-8-15(17)19(16)25-22-18/h2-3,8-9,14H,4-7,10-13H2,1H3,(H,21,24)/t14-/m1/s1. The maximum Gasteiger partial charge on any atom is 0.273 e. The van der Waals surface area contributed by atoms with E-state index in [1.54, 1.807) is 11.8 Å². The molecule has 0 aliphatic carbocycles. The molecule has 2 aromatic rings. The number of hydrogen-bond acceptors (Lipinski definition) is 5. The Bertz CT molecular complexity index is 789. The lowest BCUT2D eigenvalue weighted by atomic mass is 10.0. The van der Waals surface area contributed by atoms with E-state index in [0.29, 0.717) is 18.3 Å². The minimum atomic E-state index is -0.123. The highest BCUT2D eigenvalue weighted by Gasteiger charge is 2.27. The molecule has 1 aromatic heterocycles. The van der Waals surface area contributed by atoms with Gasteiger partial charge in [0.05, 0.1) is 0 Å². The largest absolute Gasteiger partial charge is 0.355 e. The third kappa shape index (κ3) is 3.53. The van der Waals surface area contributed by atoms with Crippen molar-refractivity contribution < 1.29 is 9.32 Å². The maximum atomic E-state index is 12.5. The van der Waals surface area contributed by atoms with Gasteiger partial charge in [0.1, 0.15) is 0 Å². The minimum Gasteiger partial charge on any atom is -0.355 e. The zero-order valence-corrected chi connectivity index (χ0v) is 16.0. The fraction of sp³-hybridized carbons (Fsp3) is 0.500. The molecular formula is C20H25N3O2S. The second-order valence-corrected chi connectivity index (χ2v) is 8.13. The average Bonchev–Trinajstić information content (AvgIpc) is 3.11. The van der Waals surface area contributed by atoms with Crippen LogP contribution < -0.4 is 5.32 Å². The first-order valence-electron chi connectivity index (χ1n) is 9.47. The summed E-state index contributed by atoms with van der Waals surface area (Å²) in [6.45, 7) is 5.20. The van der Waals surface area contributed by atoms with Crippen molar-refractivity contribution in [2.75, 3.05) is 19.6 Å². The van der Waals surface area contributed by atoms with E-state index in [1.165, 1.54) is 30.7 Å². The Hall–Kier alpha value is -1.79. The molecule has 1 fully saturated rings. The Labute approximate surface area is 158 Å². The molecule has 1 amide bonds. The molecule has 138 valence electrons. The SMILES string of the molecule is C[C@@H]1CCCCN1CCCNC(=O)c1noc2c1CSc1ccccc1-2. The van der Waals surface area contributed by atoms with E-state index in [0.717, 1.165) is 35.6 Å². The summed E-state index contributed by atoms with van der Waals surface area (Å²) >= 11 is 1.73. The van der Waals surface area contributed by atoms with Gasteiger partial charge in [-0.15, -0.1) is 11.8 Å². The van der Waals surface area contributed by atoms with Gasteiger partial charge in [-0.2, -0.15) is 0 Å². The molecule has 26 heavy (non-hydrogen) atoms. The number of fused-ring (bicyclic) bond motifs is 3. The van der Waals surface area contributed by atoms with Crippen molar-refractivity contribution in [1.82, 2.24) is 15.4 Å². The van der Waals surface area contributed by atoms with E-state index in [4.69, 9.17) is 4.52 Å². The normalized spacial score (nSPS) is 19.7. The summed E-state index contributed by atoms with van der Waals surface area (Å²) in [6.07, 6.45) is 4.89. The summed E-state index contributed by atoms with van der Waals surface area (Å²) in [5.41, 5.74) is 2.38. The van der Waals surface area contributed by atoms with Crippen LogP contribution in [0.25, 0.3) is 11.3 Å². The van der Waals surface area contributed by atoms with Crippen molar-refractivity contribution in [2.45, 2.75) is 49.3 Å². The second kappa shape index (κ2) is 7.84. The maximum absolute atomic E-state index is 12.5. The first-order chi connectivity index (χ1) is 12.7. The average molecular weight is 372 g/mol. The zero-order chi connectivity index (χ0) is 17.9. The lowest BCUT2D eigenvalue weighted by Gasteiger charge is -2.33. The molecule has 1 aromatic carbocycles. The van der Waals surface area contributed by atoms with E-state index in [-0.39, 0.29) is 5.91 Å². The Morgan fingerprint density at radius 1 is 1.38 bits per heavy atom. The number of thioether (sulfide) groups is 1. The molecule has 0 bridgehead atoms. The van der Waals surface area contributed by atoms with Crippen LogP contribution in [0.4, 0.5) is 0 Å². The molecule has 0 saturated carbocycles. The summed E-state index contributed by atoms with van der Waals surface area (Å²) in [5.74, 6) is 1.34. The Balaban J connectivity index is 1.34. The van der Waals surface area contributed by atoms with Gasteiger partial charge in [0.25, 0.3) is 5.91 Å². The second-order valence-electron chi connectivity index (χ2n) is 7.11. The summed E-state index contributed by atoms with van der Waals surface area (Å²) in [6, 6.07) is 8.77. The highest BCUT2D eigenvalue weighted by atomic mass is 32.2. The number of aromatic nitrogens is 1. The van der Waals surface area contributed by atoms with Crippen LogP contribution in [0.1, 0.15) is 48.7 Å². The third-order valence-corrected chi connectivity index (χ3v) is 6.46. The fourth-order valence-electron chi connectivity index (χ4n) is 3.82. The van der Waals surface area contributed by atoms with Gasteiger partial charge < -0.3 is 14.7 Å². The molecule has 0 spiro atoms. The number of nitrogens with zero attached hydrogens (tertiary/aromatic N) is 2. The highest BCUT2D eigenvalue weighted by Crippen LogP contribution is 2.42. The van der Waals surface area contributed by atoms with Crippen molar-refractivity contribution in [2.24, 2.45) is 0 Å². The van der Waals surface area contributed by atoms with Crippen LogP contribution in [-0.4, -0.2) is 41.6 Å². The summed E-state index contributed by atoms with van der Waals surface area (Å²) in [5, 5.41) is 7.08. The van der Waals surface area contributed by atoms with Crippen molar-refractivity contribution in [3.8, 4) is 11.3 Å². The van der Waals surface area contributed by atoms with Crippen LogP contribution in [0.3, 0.4) is 0 Å². The molecule has 6 heteroatoms. The van der Waals surface area contributed by atoms with Gasteiger partial charge in [0.2, 0.25) is 0 Å². The predicted octanol–water partition coefficient (Wildman–Crippen LogP) is 3.94. The molecule has 2 aliphatic rings. The van der Waals surface area contributed by atoms with E-state index >= 15 is 0 Å².